The van der Waals surface area contributed by atoms with Crippen LogP contribution < -0.4 is 9.80 Å². The Hall–Kier alpha value is -3.06. The minimum Gasteiger partial charge on any atom is -0.507 e. The number of nitrogens with zero attached hydrogens (tertiary/aromatic N) is 2. The number of para-hydroxylation sites is 1. The quantitative estimate of drug-likeness (QED) is 0.201. The van der Waals surface area contributed by atoms with Crippen LogP contribution in [0.15, 0.2) is 78.4 Å². The van der Waals surface area contributed by atoms with Gasteiger partial charge in [-0.1, -0.05) is 29.8 Å². The number of allylic oxidation sites excluding steroid dienone is 2. The van der Waals surface area contributed by atoms with E-state index in [2.05, 4.69) is 45.2 Å². The number of amides is 4. The van der Waals surface area contributed by atoms with E-state index in [1.165, 1.54) is 9.80 Å². The van der Waals surface area contributed by atoms with E-state index in [4.69, 9.17) is 0 Å². The molecule has 4 aliphatic rings. The molecular formula is C33H26I2N2O5. The third-order valence-electron chi connectivity index (χ3n) is 9.42. The van der Waals surface area contributed by atoms with Crippen LogP contribution in [0.2, 0.25) is 0 Å². The summed E-state index contributed by atoms with van der Waals surface area (Å²) in [6, 6.07) is 20.0. The first kappa shape index (κ1) is 27.8. The van der Waals surface area contributed by atoms with Gasteiger partial charge in [-0.2, -0.15) is 0 Å². The van der Waals surface area contributed by atoms with Crippen molar-refractivity contribution in [1.29, 1.82) is 0 Å². The maximum atomic E-state index is 14.2. The molecule has 9 heteroatoms. The van der Waals surface area contributed by atoms with Crippen LogP contribution in [0.5, 0.6) is 5.75 Å². The molecule has 2 aliphatic heterocycles. The van der Waals surface area contributed by atoms with Crippen molar-refractivity contribution in [2.24, 2.45) is 29.6 Å². The topological polar surface area (TPSA) is 95.0 Å². The van der Waals surface area contributed by atoms with Gasteiger partial charge in [0.15, 0.2) is 0 Å². The number of hydrogen-bond donors (Lipinski definition) is 1. The second kappa shape index (κ2) is 10.3. The molecular weight excluding hydrogens is 758 g/mol. The number of benzene rings is 3. The van der Waals surface area contributed by atoms with Crippen molar-refractivity contribution < 1.29 is 24.3 Å². The van der Waals surface area contributed by atoms with Crippen LogP contribution in [0.25, 0.3) is 0 Å². The number of anilines is 2. The lowest BCUT2D eigenvalue weighted by molar-refractivity contribution is -0.126. The van der Waals surface area contributed by atoms with E-state index < -0.39 is 35.5 Å². The number of halogens is 2. The normalized spacial score (nSPS) is 28.5. The van der Waals surface area contributed by atoms with Gasteiger partial charge in [0, 0.05) is 18.6 Å². The Morgan fingerprint density at radius 3 is 1.83 bits per heavy atom. The van der Waals surface area contributed by atoms with Crippen molar-refractivity contribution in [2.75, 3.05) is 9.80 Å². The highest BCUT2D eigenvalue weighted by atomic mass is 127. The number of phenolic OH excluding ortho intramolecular Hbond substituents is 1. The van der Waals surface area contributed by atoms with Crippen molar-refractivity contribution in [3.63, 3.8) is 0 Å². The Kier molecular flexibility index (Phi) is 6.80. The van der Waals surface area contributed by atoms with Gasteiger partial charge in [0.2, 0.25) is 23.6 Å². The number of hydrogen-bond acceptors (Lipinski definition) is 5. The first-order valence-corrected chi connectivity index (χ1v) is 16.1. The van der Waals surface area contributed by atoms with Crippen LogP contribution in [0.1, 0.15) is 29.9 Å². The smallest absolute Gasteiger partial charge is 0.238 e. The predicted molar refractivity (Wildman–Crippen MR) is 174 cm³/mol. The summed E-state index contributed by atoms with van der Waals surface area (Å²) in [5.74, 6) is -4.57. The number of rotatable bonds is 3. The lowest BCUT2D eigenvalue weighted by atomic mass is 9.57. The minimum absolute atomic E-state index is 0.0900. The maximum Gasteiger partial charge on any atom is 0.238 e. The van der Waals surface area contributed by atoms with Crippen molar-refractivity contribution in [2.45, 2.75) is 25.7 Å². The summed E-state index contributed by atoms with van der Waals surface area (Å²) < 4.78 is 1.98. The molecule has 0 unspecified atom stereocenters. The summed E-state index contributed by atoms with van der Waals surface area (Å²) in [4.78, 5) is 58.5. The zero-order chi connectivity index (χ0) is 29.4. The van der Waals surface area contributed by atoms with Crippen LogP contribution in [0.4, 0.5) is 11.4 Å². The van der Waals surface area contributed by atoms with Crippen LogP contribution in [0.3, 0.4) is 0 Å². The Labute approximate surface area is 270 Å². The zero-order valence-electron chi connectivity index (χ0n) is 22.5. The van der Waals surface area contributed by atoms with Gasteiger partial charge in [-0.05, 0) is 125 Å². The standard InChI is InChI=1S/C33H26I2N2O5/c1-16-3-2-4-22(29(16)38)26-21-13-14-23-27(32(41)36(30(23)39)19-9-5-17(34)6-10-19)24(21)15-25-28(26)33(42)37(31(25)40)20-11-7-18(35)8-12-20/h2-13,23-28,38H,14-15H2,1H3/t23-,24+,25+,26+,27-,28+/m0/s1. The highest BCUT2D eigenvalue weighted by Crippen LogP contribution is 2.59. The van der Waals surface area contributed by atoms with Crippen LogP contribution in [-0.4, -0.2) is 28.7 Å². The number of carbonyl (C=O) groups excluding carboxylic acids is 4. The summed E-state index contributed by atoms with van der Waals surface area (Å²) in [6.45, 7) is 1.81. The molecule has 6 atom stereocenters. The molecule has 7 rings (SSSR count). The molecule has 3 aromatic carbocycles. The van der Waals surface area contributed by atoms with Gasteiger partial charge in [0.25, 0.3) is 0 Å². The van der Waals surface area contributed by atoms with E-state index in [1.807, 2.05) is 42.5 Å². The first-order valence-electron chi connectivity index (χ1n) is 13.9. The fraction of sp³-hybridized carbons (Fsp3) is 0.273. The minimum atomic E-state index is -0.719. The average molecular weight is 784 g/mol. The van der Waals surface area contributed by atoms with Crippen molar-refractivity contribution in [3.8, 4) is 5.75 Å². The van der Waals surface area contributed by atoms with Crippen molar-refractivity contribution in [3.05, 3.63) is 96.6 Å². The number of phenols is 1. The average Bonchev–Trinajstić information content (AvgIpc) is 3.38. The summed E-state index contributed by atoms with van der Waals surface area (Å²) in [7, 11) is 0. The molecule has 0 radical (unpaired) electrons. The molecule has 2 saturated heterocycles. The molecule has 3 fully saturated rings. The molecule has 0 aromatic heterocycles. The molecule has 2 heterocycles. The Balaban J connectivity index is 1.35. The lowest BCUT2D eigenvalue weighted by Crippen LogP contribution is -2.43. The van der Waals surface area contributed by atoms with Crippen LogP contribution >= 0.6 is 45.2 Å². The van der Waals surface area contributed by atoms with E-state index in [1.54, 1.807) is 37.3 Å². The van der Waals surface area contributed by atoms with E-state index >= 15 is 0 Å². The van der Waals surface area contributed by atoms with Gasteiger partial charge in [-0.15, -0.1) is 0 Å². The van der Waals surface area contributed by atoms with Gasteiger partial charge < -0.3 is 5.11 Å². The fourth-order valence-electron chi connectivity index (χ4n) is 7.56. The monoisotopic (exact) mass is 784 g/mol. The van der Waals surface area contributed by atoms with Gasteiger partial charge in [0.05, 0.1) is 35.0 Å². The number of carbonyl (C=O) groups is 4. The van der Waals surface area contributed by atoms with Gasteiger partial charge in [0.1, 0.15) is 5.75 Å². The highest BCUT2D eigenvalue weighted by molar-refractivity contribution is 14.1. The molecule has 0 spiro atoms. The Bertz CT molecular complexity index is 1700. The van der Waals surface area contributed by atoms with Crippen molar-refractivity contribution >= 4 is 80.2 Å². The van der Waals surface area contributed by atoms with E-state index in [0.717, 1.165) is 12.7 Å². The third-order valence-corrected chi connectivity index (χ3v) is 10.9. The maximum absolute atomic E-state index is 14.2. The third kappa shape index (κ3) is 4.10. The van der Waals surface area contributed by atoms with Gasteiger partial charge >= 0.3 is 0 Å². The van der Waals surface area contributed by atoms with Gasteiger partial charge in [-0.25, -0.2) is 0 Å². The molecule has 0 bridgehead atoms. The predicted octanol–water partition coefficient (Wildman–Crippen LogP) is 5.96. The van der Waals surface area contributed by atoms with Crippen LogP contribution in [-0.2, 0) is 19.2 Å². The second-order valence-corrected chi connectivity index (χ2v) is 14.0. The summed E-state index contributed by atoms with van der Waals surface area (Å²) >= 11 is 4.36. The molecule has 1 N–H and O–H groups in total. The lowest BCUT2D eigenvalue weighted by Gasteiger charge is -2.44. The summed E-state index contributed by atoms with van der Waals surface area (Å²) in [6.07, 6.45) is 2.67. The molecule has 3 aromatic rings. The number of imide groups is 2. The number of fused-ring (bicyclic) bond motifs is 4. The SMILES string of the molecule is Cc1cccc([C@H]2C3=CC[C@@H]4C(=O)N(c5ccc(I)cc5)C(=O)[C@@H]4[C@@H]3C[C@H]3C(=O)N(c4ccc(I)cc4)C(=O)[C@@H]23)c1O. The number of aromatic hydroxyl groups is 1. The highest BCUT2D eigenvalue weighted by Gasteiger charge is 2.62. The zero-order valence-corrected chi connectivity index (χ0v) is 26.9. The first-order chi connectivity index (χ1) is 20.2. The summed E-state index contributed by atoms with van der Waals surface area (Å²) in [5, 5.41) is 11.3. The van der Waals surface area contributed by atoms with Gasteiger partial charge in [-0.3, -0.25) is 29.0 Å². The molecule has 1 saturated carbocycles. The molecule has 42 heavy (non-hydrogen) atoms. The summed E-state index contributed by atoms with van der Waals surface area (Å²) in [5.41, 5.74) is 3.17. The molecule has 4 amide bonds. The molecule has 7 nitrogen and oxygen atoms in total. The Morgan fingerprint density at radius 2 is 1.24 bits per heavy atom. The van der Waals surface area contributed by atoms with Crippen LogP contribution in [0, 0.1) is 43.7 Å². The van der Waals surface area contributed by atoms with E-state index in [0.29, 0.717) is 35.3 Å². The largest absolute Gasteiger partial charge is 0.507 e. The van der Waals surface area contributed by atoms with E-state index in [9.17, 15) is 24.3 Å². The fourth-order valence-corrected chi connectivity index (χ4v) is 8.28. The molecule has 2 aliphatic carbocycles. The Morgan fingerprint density at radius 1 is 0.690 bits per heavy atom. The molecule has 212 valence electrons. The van der Waals surface area contributed by atoms with Crippen molar-refractivity contribution in [1.82, 2.24) is 0 Å². The second-order valence-electron chi connectivity index (χ2n) is 11.5. The van der Waals surface area contributed by atoms with E-state index in [-0.39, 0.29) is 29.4 Å². The number of aryl methyl sites for hydroxylation is 1.